The maximum absolute atomic E-state index is 4.35. The molecule has 1 aliphatic carbocycles. The van der Waals surface area contributed by atoms with E-state index in [2.05, 4.69) is 36.9 Å². The van der Waals surface area contributed by atoms with Crippen molar-refractivity contribution < 1.29 is 0 Å². The van der Waals surface area contributed by atoms with Crippen molar-refractivity contribution in [1.82, 2.24) is 25.1 Å². The van der Waals surface area contributed by atoms with Crippen LogP contribution in [-0.4, -0.2) is 83.7 Å². The zero-order chi connectivity index (χ0) is 16.4. The third kappa shape index (κ3) is 3.87. The number of aromatic nitrogens is 2. The van der Waals surface area contributed by atoms with Gasteiger partial charge in [-0.3, -0.25) is 9.80 Å². The second-order valence-electron chi connectivity index (χ2n) is 7.54. The Morgan fingerprint density at radius 1 is 1.12 bits per heavy atom. The standard InChI is InChI=1S/C18H30N6/c1-15-13-16(14-24(15)17-3-4-17)19-7-8-22-9-11-23(12-10-22)18-20-5-2-6-21-18/h2,5-6,15-17,19H,3-4,7-14H2,1H3/t15-,16+/m1/s1. The summed E-state index contributed by atoms with van der Waals surface area (Å²) >= 11 is 0. The molecule has 4 rings (SSSR count). The van der Waals surface area contributed by atoms with Crippen LogP contribution in [0.4, 0.5) is 5.95 Å². The van der Waals surface area contributed by atoms with Crippen LogP contribution in [0.25, 0.3) is 0 Å². The van der Waals surface area contributed by atoms with Gasteiger partial charge < -0.3 is 10.2 Å². The molecule has 6 nitrogen and oxygen atoms in total. The molecule has 1 N–H and O–H groups in total. The van der Waals surface area contributed by atoms with Gasteiger partial charge in [-0.15, -0.1) is 0 Å². The molecular weight excluding hydrogens is 300 g/mol. The van der Waals surface area contributed by atoms with E-state index < -0.39 is 0 Å². The molecule has 2 aliphatic heterocycles. The number of anilines is 1. The first-order valence-corrected chi connectivity index (χ1v) is 9.53. The highest BCUT2D eigenvalue weighted by Gasteiger charge is 2.38. The van der Waals surface area contributed by atoms with Gasteiger partial charge in [0.05, 0.1) is 0 Å². The summed E-state index contributed by atoms with van der Waals surface area (Å²) in [4.78, 5) is 16.3. The number of hydrogen-bond donors (Lipinski definition) is 1. The van der Waals surface area contributed by atoms with E-state index in [1.807, 2.05) is 18.5 Å². The Bertz CT molecular complexity index is 512. The number of nitrogens with one attached hydrogen (secondary N) is 1. The molecule has 1 aromatic rings. The smallest absolute Gasteiger partial charge is 0.225 e. The molecule has 0 amide bonds. The molecule has 24 heavy (non-hydrogen) atoms. The normalized spacial score (nSPS) is 29.3. The summed E-state index contributed by atoms with van der Waals surface area (Å²) in [7, 11) is 0. The van der Waals surface area contributed by atoms with E-state index in [1.165, 1.54) is 25.8 Å². The predicted molar refractivity (Wildman–Crippen MR) is 96.3 cm³/mol. The Labute approximate surface area is 145 Å². The molecule has 6 heteroatoms. The van der Waals surface area contributed by atoms with Gasteiger partial charge in [-0.1, -0.05) is 0 Å². The number of rotatable bonds is 6. The first kappa shape index (κ1) is 16.2. The fourth-order valence-electron chi connectivity index (χ4n) is 4.17. The molecule has 0 unspecified atom stereocenters. The Hall–Kier alpha value is -1.24. The monoisotopic (exact) mass is 330 g/mol. The fourth-order valence-corrected chi connectivity index (χ4v) is 4.17. The third-order valence-electron chi connectivity index (χ3n) is 5.71. The fraction of sp³-hybridized carbons (Fsp3) is 0.778. The Morgan fingerprint density at radius 2 is 1.88 bits per heavy atom. The first-order valence-electron chi connectivity index (χ1n) is 9.53. The van der Waals surface area contributed by atoms with E-state index in [4.69, 9.17) is 0 Å². The van der Waals surface area contributed by atoms with Crippen molar-refractivity contribution in [3.05, 3.63) is 18.5 Å². The van der Waals surface area contributed by atoms with Gasteiger partial charge in [-0.05, 0) is 32.3 Å². The van der Waals surface area contributed by atoms with E-state index in [1.54, 1.807) is 0 Å². The van der Waals surface area contributed by atoms with E-state index >= 15 is 0 Å². The molecule has 3 aliphatic rings. The van der Waals surface area contributed by atoms with Crippen molar-refractivity contribution in [2.75, 3.05) is 50.7 Å². The molecule has 2 saturated heterocycles. The molecule has 0 radical (unpaired) electrons. The minimum Gasteiger partial charge on any atom is -0.338 e. The average molecular weight is 330 g/mol. The third-order valence-corrected chi connectivity index (χ3v) is 5.71. The summed E-state index contributed by atoms with van der Waals surface area (Å²) in [6.45, 7) is 10.2. The van der Waals surface area contributed by atoms with Crippen LogP contribution in [0, 0.1) is 0 Å². The summed E-state index contributed by atoms with van der Waals surface area (Å²) < 4.78 is 0. The largest absolute Gasteiger partial charge is 0.338 e. The van der Waals surface area contributed by atoms with Gasteiger partial charge in [0.1, 0.15) is 0 Å². The summed E-state index contributed by atoms with van der Waals surface area (Å²) in [5, 5.41) is 3.79. The van der Waals surface area contributed by atoms with Crippen molar-refractivity contribution >= 4 is 5.95 Å². The van der Waals surface area contributed by atoms with E-state index in [0.29, 0.717) is 6.04 Å². The number of hydrogen-bond acceptors (Lipinski definition) is 6. The Morgan fingerprint density at radius 3 is 2.58 bits per heavy atom. The molecular formula is C18H30N6. The number of likely N-dealkylation sites (tertiary alicyclic amines) is 1. The molecule has 132 valence electrons. The van der Waals surface area contributed by atoms with Gasteiger partial charge in [-0.2, -0.15) is 0 Å². The van der Waals surface area contributed by atoms with Crippen molar-refractivity contribution in [1.29, 1.82) is 0 Å². The molecule has 2 atom stereocenters. The topological polar surface area (TPSA) is 47.5 Å². The average Bonchev–Trinajstić information content (AvgIpc) is 3.40. The lowest BCUT2D eigenvalue weighted by Gasteiger charge is -2.34. The molecule has 1 aromatic heterocycles. The first-order chi connectivity index (χ1) is 11.8. The van der Waals surface area contributed by atoms with Crippen LogP contribution in [0.2, 0.25) is 0 Å². The Kier molecular flexibility index (Phi) is 4.96. The van der Waals surface area contributed by atoms with Crippen molar-refractivity contribution in [3.63, 3.8) is 0 Å². The van der Waals surface area contributed by atoms with Gasteiger partial charge in [0.2, 0.25) is 5.95 Å². The summed E-state index contributed by atoms with van der Waals surface area (Å²) in [6.07, 6.45) is 7.81. The molecule has 1 saturated carbocycles. The van der Waals surface area contributed by atoms with Crippen LogP contribution in [0.1, 0.15) is 26.2 Å². The molecule has 0 aromatic carbocycles. The summed E-state index contributed by atoms with van der Waals surface area (Å²) in [5.74, 6) is 0.871. The van der Waals surface area contributed by atoms with Crippen LogP contribution in [0.15, 0.2) is 18.5 Å². The zero-order valence-electron chi connectivity index (χ0n) is 14.8. The Balaban J connectivity index is 1.15. The lowest BCUT2D eigenvalue weighted by atomic mass is 10.2. The summed E-state index contributed by atoms with van der Waals surface area (Å²) in [6, 6.07) is 4.24. The maximum Gasteiger partial charge on any atom is 0.225 e. The van der Waals surface area contributed by atoms with E-state index in [9.17, 15) is 0 Å². The highest BCUT2D eigenvalue weighted by molar-refractivity contribution is 5.29. The van der Waals surface area contributed by atoms with Crippen molar-refractivity contribution in [2.24, 2.45) is 0 Å². The van der Waals surface area contributed by atoms with Crippen LogP contribution in [0.5, 0.6) is 0 Å². The number of piperazine rings is 1. The van der Waals surface area contributed by atoms with Crippen LogP contribution >= 0.6 is 0 Å². The lowest BCUT2D eigenvalue weighted by molar-refractivity contribution is 0.245. The van der Waals surface area contributed by atoms with Crippen LogP contribution < -0.4 is 10.2 Å². The van der Waals surface area contributed by atoms with E-state index in [0.717, 1.165) is 57.3 Å². The van der Waals surface area contributed by atoms with Gasteiger partial charge in [0.15, 0.2) is 0 Å². The quantitative estimate of drug-likeness (QED) is 0.833. The van der Waals surface area contributed by atoms with Crippen molar-refractivity contribution in [3.8, 4) is 0 Å². The van der Waals surface area contributed by atoms with Gasteiger partial charge in [-0.25, -0.2) is 9.97 Å². The van der Waals surface area contributed by atoms with Crippen LogP contribution in [-0.2, 0) is 0 Å². The van der Waals surface area contributed by atoms with E-state index in [-0.39, 0.29) is 0 Å². The van der Waals surface area contributed by atoms with Crippen LogP contribution in [0.3, 0.4) is 0 Å². The second-order valence-corrected chi connectivity index (χ2v) is 7.54. The number of nitrogens with zero attached hydrogens (tertiary/aromatic N) is 5. The maximum atomic E-state index is 4.35. The molecule has 0 bridgehead atoms. The second kappa shape index (κ2) is 7.33. The summed E-state index contributed by atoms with van der Waals surface area (Å²) in [5.41, 5.74) is 0. The molecule has 0 spiro atoms. The minimum absolute atomic E-state index is 0.694. The highest BCUT2D eigenvalue weighted by atomic mass is 15.3. The zero-order valence-corrected chi connectivity index (χ0v) is 14.8. The SMILES string of the molecule is C[C@@H]1C[C@H](NCCN2CCN(c3ncccn3)CC2)CN1C1CC1. The lowest BCUT2D eigenvalue weighted by Crippen LogP contribution is -2.49. The molecule has 3 fully saturated rings. The van der Waals surface area contributed by atoms with Gasteiger partial charge >= 0.3 is 0 Å². The highest BCUT2D eigenvalue weighted by Crippen LogP contribution is 2.33. The molecule has 3 heterocycles. The van der Waals surface area contributed by atoms with Gasteiger partial charge in [0, 0.05) is 76.3 Å². The van der Waals surface area contributed by atoms with Crippen molar-refractivity contribution in [2.45, 2.75) is 44.3 Å². The minimum atomic E-state index is 0.694. The predicted octanol–water partition coefficient (Wildman–Crippen LogP) is 0.813. The van der Waals surface area contributed by atoms with Gasteiger partial charge in [0.25, 0.3) is 0 Å².